The number of thiazole rings is 1. The minimum atomic E-state index is 0.173. The highest BCUT2D eigenvalue weighted by Gasteiger charge is 2.59. The number of hydrogen-bond acceptors (Lipinski definition) is 4. The Morgan fingerprint density at radius 2 is 2.09 bits per heavy atom. The van der Waals surface area contributed by atoms with E-state index in [9.17, 15) is 0 Å². The number of nitrogens with one attached hydrogen (secondary N) is 1. The molecule has 5 rings (SSSR count). The second-order valence-corrected chi connectivity index (χ2v) is 8.02. The van der Waals surface area contributed by atoms with Crippen LogP contribution in [0.25, 0.3) is 11.3 Å². The van der Waals surface area contributed by atoms with Gasteiger partial charge in [-0.15, -0.1) is 11.3 Å². The summed E-state index contributed by atoms with van der Waals surface area (Å²) in [4.78, 5) is 4.80. The van der Waals surface area contributed by atoms with Gasteiger partial charge in [0.2, 0.25) is 0 Å². The van der Waals surface area contributed by atoms with Crippen molar-refractivity contribution in [2.24, 2.45) is 5.41 Å². The number of nitrogens with zero attached hydrogens (tertiary/aromatic N) is 1. The molecule has 1 aliphatic carbocycles. The largest absolute Gasteiger partial charge is 0.375 e. The molecule has 2 bridgehead atoms. The molecule has 0 radical (unpaired) electrons. The molecule has 2 aromatic rings. The van der Waals surface area contributed by atoms with Gasteiger partial charge in [-0.1, -0.05) is 30.3 Å². The van der Waals surface area contributed by atoms with Gasteiger partial charge in [-0.05, 0) is 26.7 Å². The third-order valence-electron chi connectivity index (χ3n) is 4.97. The maximum atomic E-state index is 5.86. The van der Waals surface area contributed by atoms with Crippen molar-refractivity contribution < 1.29 is 4.74 Å². The summed E-state index contributed by atoms with van der Waals surface area (Å²) in [5.74, 6) is 0. The highest BCUT2D eigenvalue weighted by Crippen LogP contribution is 2.57. The van der Waals surface area contributed by atoms with E-state index in [1.165, 1.54) is 18.4 Å². The topological polar surface area (TPSA) is 34.1 Å². The number of hydrogen-bond donors (Lipinski definition) is 1. The molecule has 1 atom stereocenters. The second-order valence-electron chi connectivity index (χ2n) is 7.13. The summed E-state index contributed by atoms with van der Waals surface area (Å²) in [6.07, 6.45) is 2.40. The average Bonchev–Trinajstić information content (AvgIpc) is 3.18. The van der Waals surface area contributed by atoms with Crippen LogP contribution in [0.5, 0.6) is 0 Å². The minimum Gasteiger partial charge on any atom is -0.375 e. The van der Waals surface area contributed by atoms with Gasteiger partial charge in [-0.3, -0.25) is 0 Å². The van der Waals surface area contributed by atoms with Crippen LogP contribution in [0.1, 0.15) is 37.7 Å². The molecule has 116 valence electrons. The highest BCUT2D eigenvalue weighted by atomic mass is 32.1. The molecule has 3 aliphatic rings. The van der Waals surface area contributed by atoms with Crippen LogP contribution in [-0.2, 0) is 4.74 Å². The molecule has 3 heterocycles. The fraction of sp³-hybridized carbons (Fsp3) is 0.500. The SMILES string of the molecule is CC(NCC12COC(C)(C1)C2)c1nc(-c2ccccc2)cs1. The van der Waals surface area contributed by atoms with Gasteiger partial charge in [0, 0.05) is 22.9 Å². The summed E-state index contributed by atoms with van der Waals surface area (Å²) in [6, 6.07) is 10.7. The van der Waals surface area contributed by atoms with Crippen LogP contribution in [0.15, 0.2) is 35.7 Å². The maximum absolute atomic E-state index is 5.86. The number of ether oxygens (including phenoxy) is 1. The molecule has 1 N–H and O–H groups in total. The monoisotopic (exact) mass is 314 g/mol. The highest BCUT2D eigenvalue weighted by molar-refractivity contribution is 7.10. The molecule has 1 aromatic heterocycles. The lowest BCUT2D eigenvalue weighted by Crippen LogP contribution is -2.47. The molecule has 2 aliphatic heterocycles. The number of benzene rings is 1. The third kappa shape index (κ3) is 2.49. The summed E-state index contributed by atoms with van der Waals surface area (Å²) in [5.41, 5.74) is 2.82. The van der Waals surface area contributed by atoms with Crippen LogP contribution in [0, 0.1) is 5.41 Å². The number of aromatic nitrogens is 1. The minimum absolute atomic E-state index is 0.173. The first kappa shape index (κ1) is 14.4. The first-order valence-electron chi connectivity index (χ1n) is 7.96. The maximum Gasteiger partial charge on any atom is 0.110 e. The molecule has 3 nitrogen and oxygen atoms in total. The molecule has 2 saturated heterocycles. The van der Waals surface area contributed by atoms with Crippen molar-refractivity contribution in [3.8, 4) is 11.3 Å². The third-order valence-corrected chi connectivity index (χ3v) is 6.00. The quantitative estimate of drug-likeness (QED) is 0.905. The Hall–Kier alpha value is -1.23. The fourth-order valence-corrected chi connectivity index (χ4v) is 4.79. The van der Waals surface area contributed by atoms with E-state index in [0.29, 0.717) is 11.5 Å². The van der Waals surface area contributed by atoms with Gasteiger partial charge in [0.1, 0.15) is 5.01 Å². The van der Waals surface area contributed by atoms with E-state index in [4.69, 9.17) is 9.72 Å². The zero-order valence-electron chi connectivity index (χ0n) is 13.1. The molecule has 3 fully saturated rings. The van der Waals surface area contributed by atoms with Crippen molar-refractivity contribution in [3.05, 3.63) is 40.7 Å². The lowest BCUT2D eigenvalue weighted by atomic mass is 9.63. The smallest absolute Gasteiger partial charge is 0.110 e. The van der Waals surface area contributed by atoms with Gasteiger partial charge < -0.3 is 10.1 Å². The molecule has 0 amide bonds. The van der Waals surface area contributed by atoms with E-state index in [1.807, 2.05) is 6.07 Å². The molecule has 1 unspecified atom stereocenters. The lowest BCUT2D eigenvalue weighted by Gasteiger charge is -2.42. The van der Waals surface area contributed by atoms with Crippen molar-refractivity contribution in [1.82, 2.24) is 10.3 Å². The Kier molecular flexibility index (Phi) is 3.36. The Balaban J connectivity index is 1.39. The Morgan fingerprint density at radius 1 is 1.32 bits per heavy atom. The van der Waals surface area contributed by atoms with Crippen molar-refractivity contribution in [3.63, 3.8) is 0 Å². The molecular formula is C18H22N2OS. The van der Waals surface area contributed by atoms with E-state index in [1.54, 1.807) is 11.3 Å². The van der Waals surface area contributed by atoms with Crippen LogP contribution in [0.3, 0.4) is 0 Å². The standard InChI is InChI=1S/C18H22N2OS/c1-13(19-11-18-9-17(2,10-18)21-12-18)16-20-15(8-22-16)14-6-4-3-5-7-14/h3-8,13,19H,9-12H2,1-2H3. The normalized spacial score (nSPS) is 31.0. The molecule has 22 heavy (non-hydrogen) atoms. The molecule has 4 heteroatoms. The molecule has 1 aromatic carbocycles. The van der Waals surface area contributed by atoms with Gasteiger partial charge in [0.25, 0.3) is 0 Å². The number of rotatable bonds is 5. The Morgan fingerprint density at radius 3 is 2.77 bits per heavy atom. The predicted octanol–water partition coefficient (Wildman–Crippen LogP) is 4.03. The van der Waals surface area contributed by atoms with Gasteiger partial charge in [0.05, 0.1) is 23.9 Å². The van der Waals surface area contributed by atoms with Gasteiger partial charge in [0.15, 0.2) is 0 Å². The van der Waals surface area contributed by atoms with Gasteiger partial charge in [-0.25, -0.2) is 4.98 Å². The van der Waals surface area contributed by atoms with E-state index in [-0.39, 0.29) is 5.60 Å². The molecule has 1 saturated carbocycles. The van der Waals surface area contributed by atoms with Gasteiger partial charge in [-0.2, -0.15) is 0 Å². The summed E-state index contributed by atoms with van der Waals surface area (Å²) >= 11 is 1.74. The Bertz CT molecular complexity index is 661. The summed E-state index contributed by atoms with van der Waals surface area (Å²) < 4.78 is 5.86. The van der Waals surface area contributed by atoms with E-state index < -0.39 is 0 Å². The van der Waals surface area contributed by atoms with E-state index >= 15 is 0 Å². The first-order chi connectivity index (χ1) is 10.6. The van der Waals surface area contributed by atoms with Crippen LogP contribution in [-0.4, -0.2) is 23.7 Å². The van der Waals surface area contributed by atoms with Crippen molar-refractivity contribution >= 4 is 11.3 Å². The van der Waals surface area contributed by atoms with Crippen molar-refractivity contribution in [1.29, 1.82) is 0 Å². The van der Waals surface area contributed by atoms with Crippen LogP contribution >= 0.6 is 11.3 Å². The molecular weight excluding hydrogens is 292 g/mol. The average molecular weight is 314 g/mol. The summed E-state index contributed by atoms with van der Waals surface area (Å²) in [6.45, 7) is 6.38. The van der Waals surface area contributed by atoms with E-state index in [0.717, 1.165) is 23.9 Å². The zero-order chi connectivity index (χ0) is 15.2. The van der Waals surface area contributed by atoms with Crippen LogP contribution in [0.4, 0.5) is 0 Å². The summed E-state index contributed by atoms with van der Waals surface area (Å²) in [7, 11) is 0. The lowest BCUT2D eigenvalue weighted by molar-refractivity contribution is 0.00310. The van der Waals surface area contributed by atoms with Crippen molar-refractivity contribution in [2.75, 3.05) is 13.2 Å². The second kappa shape index (κ2) is 5.15. The van der Waals surface area contributed by atoms with Crippen LogP contribution in [0.2, 0.25) is 0 Å². The number of fused-ring (bicyclic) bond motifs is 1. The molecule has 0 spiro atoms. The van der Waals surface area contributed by atoms with E-state index in [2.05, 4.69) is 48.8 Å². The van der Waals surface area contributed by atoms with Crippen LogP contribution < -0.4 is 5.32 Å². The summed E-state index contributed by atoms with van der Waals surface area (Å²) in [5, 5.41) is 6.99. The predicted molar refractivity (Wildman–Crippen MR) is 90.0 cm³/mol. The zero-order valence-corrected chi connectivity index (χ0v) is 14.0. The first-order valence-corrected chi connectivity index (χ1v) is 8.84. The fourth-order valence-electron chi connectivity index (χ4n) is 3.93. The van der Waals surface area contributed by atoms with Gasteiger partial charge >= 0.3 is 0 Å². The van der Waals surface area contributed by atoms with Crippen molar-refractivity contribution in [2.45, 2.75) is 38.3 Å². The Labute approximate surface area is 135 Å².